The molecule has 1 atom stereocenters. The average molecular weight is 642 g/mol. The number of alkyl halides is 1. The van der Waals surface area contributed by atoms with E-state index in [0.717, 1.165) is 83.5 Å². The zero-order valence-electron chi connectivity index (χ0n) is 33.4. The maximum absolute atomic E-state index is 12.5. The number of carbonyl (C=O) groups is 2. The van der Waals surface area contributed by atoms with Crippen molar-refractivity contribution in [2.24, 2.45) is 0 Å². The van der Waals surface area contributed by atoms with Crippen LogP contribution in [0.15, 0.2) is 36.5 Å². The van der Waals surface area contributed by atoms with Crippen molar-refractivity contribution in [3.8, 4) is 0 Å². The van der Waals surface area contributed by atoms with E-state index >= 15 is 0 Å². The second kappa shape index (κ2) is 35.9. The molecule has 0 radical (unpaired) electrons. The van der Waals surface area contributed by atoms with Crippen LogP contribution in [0.25, 0.3) is 0 Å². The SMILES string of the molecule is [2H]C([2H])(Cl)C([2H])(OC(=O)CCCCCCC/C=C\C/C=C\CCCCC)C([2H])([2H])OC(=O)CCCCCCC/C=C\CCCCCCCC. The Labute approximate surface area is 284 Å². The summed E-state index contributed by atoms with van der Waals surface area (Å²) < 4.78 is 50.2. The van der Waals surface area contributed by atoms with Crippen LogP contribution in [0, 0.1) is 0 Å². The first-order chi connectivity index (χ1) is 23.4. The lowest BCUT2D eigenvalue weighted by Gasteiger charge is -2.15. The molecule has 0 saturated carbocycles. The van der Waals surface area contributed by atoms with Crippen LogP contribution in [0.2, 0.25) is 0 Å². The molecule has 0 heterocycles. The molecule has 44 heavy (non-hydrogen) atoms. The summed E-state index contributed by atoms with van der Waals surface area (Å²) in [5, 5.41) is 0. The third kappa shape index (κ3) is 33.3. The largest absolute Gasteiger partial charge is 0.462 e. The highest BCUT2D eigenvalue weighted by molar-refractivity contribution is 6.18. The molecule has 4 nitrogen and oxygen atoms in total. The van der Waals surface area contributed by atoms with Gasteiger partial charge in [0.15, 0.2) is 0 Å². The summed E-state index contributed by atoms with van der Waals surface area (Å²) >= 11 is 5.72. The van der Waals surface area contributed by atoms with E-state index in [1.54, 1.807) is 0 Å². The van der Waals surface area contributed by atoms with E-state index in [9.17, 15) is 9.59 Å². The third-order valence-corrected chi connectivity index (χ3v) is 7.71. The zero-order valence-corrected chi connectivity index (χ0v) is 29.1. The van der Waals surface area contributed by atoms with Gasteiger partial charge in [0.1, 0.15) is 12.6 Å². The minimum Gasteiger partial charge on any atom is -0.462 e. The van der Waals surface area contributed by atoms with Crippen LogP contribution >= 0.6 is 11.6 Å². The Morgan fingerprint density at radius 1 is 0.591 bits per heavy atom. The second-order valence-corrected chi connectivity index (χ2v) is 12.0. The first-order valence-corrected chi connectivity index (χ1v) is 18.4. The highest BCUT2D eigenvalue weighted by atomic mass is 35.5. The van der Waals surface area contributed by atoms with Gasteiger partial charge >= 0.3 is 11.9 Å². The van der Waals surface area contributed by atoms with Crippen molar-refractivity contribution in [1.29, 1.82) is 0 Å². The number of esters is 2. The van der Waals surface area contributed by atoms with Gasteiger partial charge in [-0.15, -0.1) is 11.6 Å². The lowest BCUT2D eigenvalue weighted by atomic mass is 10.1. The maximum Gasteiger partial charge on any atom is 0.306 e. The van der Waals surface area contributed by atoms with Crippen LogP contribution in [0.1, 0.15) is 188 Å². The van der Waals surface area contributed by atoms with Gasteiger partial charge in [-0.25, -0.2) is 0 Å². The Morgan fingerprint density at radius 2 is 0.977 bits per heavy atom. The molecule has 0 aliphatic heterocycles. The lowest BCUT2D eigenvalue weighted by molar-refractivity contribution is -0.157. The van der Waals surface area contributed by atoms with E-state index in [4.69, 9.17) is 27.9 Å². The molecule has 0 bridgehead atoms. The number of hydrogen-bond acceptors (Lipinski definition) is 4. The van der Waals surface area contributed by atoms with Crippen molar-refractivity contribution >= 4 is 23.5 Å². The monoisotopic (exact) mass is 642 g/mol. The smallest absolute Gasteiger partial charge is 0.306 e. The molecule has 0 amide bonds. The van der Waals surface area contributed by atoms with E-state index in [-0.39, 0.29) is 12.8 Å². The van der Waals surface area contributed by atoms with Gasteiger partial charge in [-0.05, 0) is 70.6 Å². The summed E-state index contributed by atoms with van der Waals surface area (Å²) in [5.41, 5.74) is 0. The number of ether oxygens (including phenoxy) is 2. The second-order valence-electron chi connectivity index (χ2n) is 11.8. The summed E-state index contributed by atoms with van der Waals surface area (Å²) in [6.07, 6.45) is 35.3. The first kappa shape index (κ1) is 33.8. The Morgan fingerprint density at radius 3 is 1.48 bits per heavy atom. The molecule has 0 fully saturated rings. The summed E-state index contributed by atoms with van der Waals surface area (Å²) in [7, 11) is 0. The van der Waals surface area contributed by atoms with Gasteiger partial charge in [-0.2, -0.15) is 0 Å². The molecule has 1 unspecified atom stereocenters. The van der Waals surface area contributed by atoms with E-state index < -0.39 is 30.4 Å². The minimum atomic E-state index is -3.29. The quantitative estimate of drug-likeness (QED) is 0.0309. The van der Waals surface area contributed by atoms with Gasteiger partial charge in [-0.1, -0.05) is 134 Å². The van der Waals surface area contributed by atoms with Crippen molar-refractivity contribution in [2.45, 2.75) is 187 Å². The fourth-order valence-electron chi connectivity index (χ4n) is 4.80. The molecule has 0 aliphatic carbocycles. The standard InChI is InChI=1S/C39H69ClO4/c1-3-5-7-9-11-13-15-17-19-21-23-25-27-29-31-33-38(41)43-36-37(35-40)44-39(42)34-32-30-28-26-24-22-20-18-16-14-12-10-8-6-4-2/h12,14,17-20,37H,3-11,13,15-16,21-36H2,1-2H3/b14-12-,19-17-,20-18-/i35D2,36D2,37D. The summed E-state index contributed by atoms with van der Waals surface area (Å²) in [6, 6.07) is 0. The van der Waals surface area contributed by atoms with Crippen LogP contribution in [0.4, 0.5) is 0 Å². The molecule has 256 valence electrons. The van der Waals surface area contributed by atoms with Crippen molar-refractivity contribution in [2.75, 3.05) is 12.4 Å². The Kier molecular flexibility index (Phi) is 27.6. The number of carbonyl (C=O) groups excluding carboxylic acids is 2. The number of allylic oxidation sites excluding steroid dienone is 6. The van der Waals surface area contributed by atoms with Crippen molar-refractivity contribution in [3.05, 3.63) is 36.5 Å². The number of unbranched alkanes of at least 4 members (excludes halogenated alkanes) is 19. The highest BCUT2D eigenvalue weighted by Crippen LogP contribution is 2.12. The van der Waals surface area contributed by atoms with Gasteiger partial charge in [-0.3, -0.25) is 9.59 Å². The normalized spacial score (nSPS) is 15.6. The third-order valence-electron chi connectivity index (χ3n) is 7.53. The Balaban J connectivity index is 4.27. The van der Waals surface area contributed by atoms with E-state index in [1.807, 2.05) is 0 Å². The molecular weight excluding hydrogens is 568 g/mol. The van der Waals surface area contributed by atoms with Gasteiger partial charge in [0, 0.05) is 15.6 Å². The molecule has 0 N–H and O–H groups in total. The Hall–Kier alpha value is -1.55. The number of halogens is 1. The number of rotatable bonds is 33. The van der Waals surface area contributed by atoms with Crippen LogP contribution in [0.3, 0.4) is 0 Å². The fraction of sp³-hybridized carbons (Fsp3) is 0.795. The van der Waals surface area contributed by atoms with Crippen molar-refractivity contribution in [1.82, 2.24) is 0 Å². The molecule has 0 saturated heterocycles. The van der Waals surface area contributed by atoms with E-state index in [1.165, 1.54) is 57.8 Å². The predicted molar refractivity (Wildman–Crippen MR) is 190 cm³/mol. The van der Waals surface area contributed by atoms with E-state index in [0.29, 0.717) is 12.8 Å². The fourth-order valence-corrected chi connectivity index (χ4v) is 4.88. The Bertz CT molecular complexity index is 920. The molecule has 0 rings (SSSR count). The molecule has 0 aromatic rings. The van der Waals surface area contributed by atoms with Gasteiger partial charge in [0.05, 0.1) is 9.94 Å². The minimum absolute atomic E-state index is 0.0844. The molecule has 0 aromatic heterocycles. The topological polar surface area (TPSA) is 52.6 Å². The van der Waals surface area contributed by atoms with Gasteiger partial charge in [0.2, 0.25) is 0 Å². The van der Waals surface area contributed by atoms with Crippen LogP contribution < -0.4 is 0 Å². The van der Waals surface area contributed by atoms with Gasteiger partial charge < -0.3 is 9.47 Å². The van der Waals surface area contributed by atoms with Crippen LogP contribution in [-0.4, -0.2) is 30.4 Å². The maximum atomic E-state index is 12.5. The first-order valence-electron chi connectivity index (χ1n) is 20.5. The van der Waals surface area contributed by atoms with Gasteiger partial charge in [0.25, 0.3) is 0 Å². The highest BCUT2D eigenvalue weighted by Gasteiger charge is 2.16. The predicted octanol–water partition coefficient (Wildman–Crippen LogP) is 12.5. The van der Waals surface area contributed by atoms with Crippen LogP contribution in [0.5, 0.6) is 0 Å². The molecule has 0 aromatic carbocycles. The molecule has 5 heteroatoms. The summed E-state index contributed by atoms with van der Waals surface area (Å²) in [4.78, 5) is 24.9. The van der Waals surface area contributed by atoms with E-state index in [2.05, 4.69) is 50.3 Å². The van der Waals surface area contributed by atoms with Crippen molar-refractivity contribution < 1.29 is 25.9 Å². The number of hydrogen-bond donors (Lipinski definition) is 0. The summed E-state index contributed by atoms with van der Waals surface area (Å²) in [6.45, 7) is 1.15. The molecule has 0 aliphatic rings. The zero-order chi connectivity index (χ0) is 36.7. The molecular formula is C39H69ClO4. The van der Waals surface area contributed by atoms with Crippen LogP contribution in [-0.2, 0) is 19.1 Å². The average Bonchev–Trinajstić information content (AvgIpc) is 3.03. The lowest BCUT2D eigenvalue weighted by Crippen LogP contribution is -2.26. The van der Waals surface area contributed by atoms with Crippen molar-refractivity contribution in [3.63, 3.8) is 0 Å². The summed E-state index contributed by atoms with van der Waals surface area (Å²) in [5.74, 6) is -5.03. The molecule has 0 spiro atoms.